The minimum Gasteiger partial charge on any atom is -0.507 e. The number of para-hydroxylation sites is 1. The number of hydrogen-bond donors (Lipinski definition) is 3. The number of rotatable bonds is 2. The van der Waals surface area contributed by atoms with Crippen LogP contribution in [-0.4, -0.2) is 25.5 Å². The molecule has 0 aliphatic heterocycles. The number of hydrogen-bond acceptors (Lipinski definition) is 5. The fraction of sp³-hybridized carbons (Fsp3) is 0. The third-order valence-electron chi connectivity index (χ3n) is 2.81. The molecule has 19 heavy (non-hydrogen) atoms. The summed E-state index contributed by atoms with van der Waals surface area (Å²) in [7, 11) is 0. The highest BCUT2D eigenvalue weighted by atomic mass is 16.3. The van der Waals surface area contributed by atoms with E-state index in [0.717, 1.165) is 11.1 Å². The van der Waals surface area contributed by atoms with Crippen LogP contribution in [0.25, 0.3) is 22.4 Å². The van der Waals surface area contributed by atoms with Crippen LogP contribution in [0.1, 0.15) is 0 Å². The lowest BCUT2D eigenvalue weighted by molar-refractivity contribution is 0.477. The van der Waals surface area contributed by atoms with Crippen molar-refractivity contribution in [1.29, 1.82) is 0 Å². The quantitative estimate of drug-likeness (QED) is 0.646. The molecule has 4 N–H and O–H groups in total. The van der Waals surface area contributed by atoms with Gasteiger partial charge in [-0.2, -0.15) is 5.10 Å². The van der Waals surface area contributed by atoms with Crippen molar-refractivity contribution in [3.63, 3.8) is 0 Å². The molecule has 2 heterocycles. The normalized spacial score (nSPS) is 10.5. The Hall–Kier alpha value is -2.89. The number of aromatic hydroxyl groups is 1. The van der Waals surface area contributed by atoms with Crippen molar-refractivity contribution >= 4 is 5.82 Å². The van der Waals surface area contributed by atoms with Crippen molar-refractivity contribution in [1.82, 2.24) is 20.4 Å². The molecule has 0 fully saturated rings. The first-order chi connectivity index (χ1) is 9.25. The molecule has 0 amide bonds. The van der Waals surface area contributed by atoms with E-state index in [4.69, 9.17) is 5.73 Å². The second-order valence-corrected chi connectivity index (χ2v) is 4.03. The van der Waals surface area contributed by atoms with Gasteiger partial charge in [0.25, 0.3) is 0 Å². The van der Waals surface area contributed by atoms with Gasteiger partial charge in [0.15, 0.2) is 5.82 Å². The zero-order chi connectivity index (χ0) is 13.2. The molecule has 2 aromatic heterocycles. The number of aromatic nitrogens is 4. The number of nitrogens with two attached hydrogens (primary N) is 1. The predicted octanol–water partition coefficient (Wildman–Crippen LogP) is 1.82. The van der Waals surface area contributed by atoms with Crippen molar-refractivity contribution in [3.05, 3.63) is 42.7 Å². The summed E-state index contributed by atoms with van der Waals surface area (Å²) >= 11 is 0. The van der Waals surface area contributed by atoms with Crippen molar-refractivity contribution in [2.24, 2.45) is 0 Å². The number of anilines is 1. The van der Waals surface area contributed by atoms with E-state index in [2.05, 4.69) is 20.4 Å². The van der Waals surface area contributed by atoms with Gasteiger partial charge in [0.1, 0.15) is 5.75 Å². The maximum Gasteiger partial charge on any atom is 0.154 e. The topological polar surface area (TPSA) is 101 Å². The van der Waals surface area contributed by atoms with E-state index < -0.39 is 0 Å². The number of phenols is 1. The van der Waals surface area contributed by atoms with Gasteiger partial charge in [0.2, 0.25) is 0 Å². The van der Waals surface area contributed by atoms with Crippen LogP contribution in [0.3, 0.4) is 0 Å². The number of aromatic amines is 1. The second-order valence-electron chi connectivity index (χ2n) is 4.03. The molecule has 0 saturated heterocycles. The van der Waals surface area contributed by atoms with Gasteiger partial charge in [-0.05, 0) is 18.2 Å². The Morgan fingerprint density at radius 2 is 1.95 bits per heavy atom. The lowest BCUT2D eigenvalue weighted by Crippen LogP contribution is -1.98. The van der Waals surface area contributed by atoms with Crippen molar-refractivity contribution in [2.75, 3.05) is 5.73 Å². The molecule has 3 aromatic rings. The molecule has 0 bridgehead atoms. The largest absolute Gasteiger partial charge is 0.507 e. The summed E-state index contributed by atoms with van der Waals surface area (Å²) in [6, 6.07) is 8.73. The number of H-pyrrole nitrogens is 1. The van der Waals surface area contributed by atoms with Crippen LogP contribution in [0.5, 0.6) is 5.75 Å². The molecule has 3 rings (SSSR count). The van der Waals surface area contributed by atoms with Gasteiger partial charge in [0.05, 0.1) is 11.9 Å². The maximum absolute atomic E-state index is 9.84. The molecule has 6 heteroatoms. The van der Waals surface area contributed by atoms with E-state index in [1.807, 2.05) is 6.07 Å². The Labute approximate surface area is 108 Å². The van der Waals surface area contributed by atoms with Gasteiger partial charge in [-0.15, -0.1) is 10.2 Å². The van der Waals surface area contributed by atoms with Gasteiger partial charge < -0.3 is 10.8 Å². The van der Waals surface area contributed by atoms with Crippen molar-refractivity contribution in [2.45, 2.75) is 0 Å². The Kier molecular flexibility index (Phi) is 2.60. The fourth-order valence-corrected chi connectivity index (χ4v) is 1.85. The molecule has 0 unspecified atom stereocenters. The minimum absolute atomic E-state index is 0.153. The average molecular weight is 253 g/mol. The summed E-state index contributed by atoms with van der Waals surface area (Å²) in [4.78, 5) is 0. The first kappa shape index (κ1) is 11.2. The molecule has 6 nitrogen and oxygen atoms in total. The number of benzene rings is 1. The van der Waals surface area contributed by atoms with Crippen LogP contribution in [0.4, 0.5) is 5.82 Å². The van der Waals surface area contributed by atoms with Gasteiger partial charge >= 0.3 is 0 Å². The monoisotopic (exact) mass is 253 g/mol. The summed E-state index contributed by atoms with van der Waals surface area (Å²) in [6.45, 7) is 0. The lowest BCUT2D eigenvalue weighted by atomic mass is 10.1. The minimum atomic E-state index is 0.153. The summed E-state index contributed by atoms with van der Waals surface area (Å²) in [6.07, 6.45) is 3.38. The van der Waals surface area contributed by atoms with Crippen molar-refractivity contribution in [3.8, 4) is 28.1 Å². The highest BCUT2D eigenvalue weighted by molar-refractivity contribution is 5.78. The van der Waals surface area contributed by atoms with Crippen LogP contribution in [0, 0.1) is 0 Å². The van der Waals surface area contributed by atoms with Gasteiger partial charge in [-0.3, -0.25) is 5.10 Å². The number of nitrogen functional groups attached to an aromatic ring is 1. The van der Waals surface area contributed by atoms with Crippen LogP contribution >= 0.6 is 0 Å². The second kappa shape index (κ2) is 4.41. The number of nitrogens with one attached hydrogen (secondary N) is 1. The molecule has 0 aliphatic rings. The third kappa shape index (κ3) is 1.99. The first-order valence-corrected chi connectivity index (χ1v) is 5.66. The van der Waals surface area contributed by atoms with Crippen LogP contribution in [0.2, 0.25) is 0 Å². The summed E-state index contributed by atoms with van der Waals surface area (Å²) in [5.74, 6) is 0.472. The van der Waals surface area contributed by atoms with E-state index >= 15 is 0 Å². The van der Waals surface area contributed by atoms with Gasteiger partial charge in [0, 0.05) is 22.9 Å². The molecule has 0 spiro atoms. The van der Waals surface area contributed by atoms with E-state index in [1.165, 1.54) is 0 Å². The standard InChI is InChI=1S/C13H11N5O/c14-13-10(8-6-15-16-7-8)5-11(17-18-13)9-3-1-2-4-12(9)19/h1-7,19H,(H2,14,18)(H,15,16). The molecule has 0 aliphatic carbocycles. The molecule has 0 atom stereocenters. The zero-order valence-electron chi connectivity index (χ0n) is 9.91. The zero-order valence-corrected chi connectivity index (χ0v) is 9.91. The summed E-state index contributed by atoms with van der Waals surface area (Å²) < 4.78 is 0. The van der Waals surface area contributed by atoms with Crippen molar-refractivity contribution < 1.29 is 5.11 Å². The first-order valence-electron chi connectivity index (χ1n) is 5.66. The van der Waals surface area contributed by atoms with E-state index in [1.54, 1.807) is 36.7 Å². The smallest absolute Gasteiger partial charge is 0.154 e. The summed E-state index contributed by atoms with van der Waals surface area (Å²) in [5.41, 5.74) is 8.54. The Balaban J connectivity index is 2.15. The van der Waals surface area contributed by atoms with E-state index in [9.17, 15) is 5.11 Å². The van der Waals surface area contributed by atoms with Gasteiger partial charge in [-0.25, -0.2) is 0 Å². The number of phenolic OH excluding ortho intramolecular Hbond substituents is 1. The lowest BCUT2D eigenvalue weighted by Gasteiger charge is -2.06. The molecular weight excluding hydrogens is 242 g/mol. The molecule has 0 radical (unpaired) electrons. The Morgan fingerprint density at radius 3 is 2.68 bits per heavy atom. The molecule has 0 saturated carbocycles. The van der Waals surface area contributed by atoms with Crippen LogP contribution < -0.4 is 5.73 Å². The third-order valence-corrected chi connectivity index (χ3v) is 2.81. The van der Waals surface area contributed by atoms with Crippen LogP contribution in [-0.2, 0) is 0 Å². The number of nitrogens with zero attached hydrogens (tertiary/aromatic N) is 3. The summed E-state index contributed by atoms with van der Waals surface area (Å²) in [5, 5.41) is 24.4. The molecule has 1 aromatic carbocycles. The molecule has 94 valence electrons. The maximum atomic E-state index is 9.84. The Bertz CT molecular complexity index is 709. The van der Waals surface area contributed by atoms with E-state index in [0.29, 0.717) is 17.1 Å². The highest BCUT2D eigenvalue weighted by Crippen LogP contribution is 2.31. The molecular formula is C13H11N5O. The van der Waals surface area contributed by atoms with Gasteiger partial charge in [-0.1, -0.05) is 12.1 Å². The average Bonchev–Trinajstić information content (AvgIpc) is 2.94. The Morgan fingerprint density at radius 1 is 1.11 bits per heavy atom. The van der Waals surface area contributed by atoms with E-state index in [-0.39, 0.29) is 5.75 Å². The van der Waals surface area contributed by atoms with Crippen LogP contribution in [0.15, 0.2) is 42.7 Å². The highest BCUT2D eigenvalue weighted by Gasteiger charge is 2.11. The fourth-order valence-electron chi connectivity index (χ4n) is 1.85. The SMILES string of the molecule is Nc1nnc(-c2ccccc2O)cc1-c1cn[nH]c1. The predicted molar refractivity (Wildman–Crippen MR) is 71.1 cm³/mol.